The summed E-state index contributed by atoms with van der Waals surface area (Å²) in [5, 5.41) is 3.42. The topological polar surface area (TPSA) is 59.2 Å². The van der Waals surface area contributed by atoms with E-state index >= 15 is 0 Å². The first kappa shape index (κ1) is 15.8. The van der Waals surface area contributed by atoms with Crippen molar-refractivity contribution in [2.75, 3.05) is 13.1 Å². The summed E-state index contributed by atoms with van der Waals surface area (Å²) in [6.07, 6.45) is -3.54. The van der Waals surface area contributed by atoms with Crippen LogP contribution in [0.1, 0.15) is 51.2 Å². The number of rotatable bonds is 1. The van der Waals surface area contributed by atoms with E-state index in [1.165, 1.54) is 0 Å². The zero-order valence-corrected chi connectivity index (χ0v) is 12.2. The normalized spacial score (nSPS) is 18.1. The van der Waals surface area contributed by atoms with Crippen LogP contribution in [0.5, 0.6) is 0 Å². The van der Waals surface area contributed by atoms with E-state index in [0.29, 0.717) is 25.9 Å². The largest absolute Gasteiger partial charge is 0.471 e. The molecule has 0 bridgehead atoms. The molecular formula is C13H18F3N3O2. The van der Waals surface area contributed by atoms with Gasteiger partial charge in [-0.15, -0.1) is 0 Å². The van der Waals surface area contributed by atoms with Gasteiger partial charge in [-0.1, -0.05) is 25.9 Å². The molecule has 0 atom stereocenters. The van der Waals surface area contributed by atoms with Gasteiger partial charge < -0.3 is 9.42 Å². The minimum atomic E-state index is -4.62. The van der Waals surface area contributed by atoms with E-state index in [4.69, 9.17) is 0 Å². The Kier molecular flexibility index (Phi) is 3.99. The lowest BCUT2D eigenvalue weighted by Crippen LogP contribution is -2.43. The predicted octanol–water partition coefficient (Wildman–Crippen LogP) is 2.84. The Balaban J connectivity index is 1.98. The van der Waals surface area contributed by atoms with Crippen LogP contribution >= 0.6 is 0 Å². The van der Waals surface area contributed by atoms with Gasteiger partial charge in [0.1, 0.15) is 0 Å². The molecule has 0 radical (unpaired) electrons. The first-order valence-corrected chi connectivity index (χ1v) is 6.79. The van der Waals surface area contributed by atoms with Crippen LogP contribution in [0.3, 0.4) is 0 Å². The van der Waals surface area contributed by atoms with Gasteiger partial charge in [0.15, 0.2) is 5.82 Å². The van der Waals surface area contributed by atoms with Crippen molar-refractivity contribution >= 4 is 5.91 Å². The Hall–Kier alpha value is -1.60. The highest BCUT2D eigenvalue weighted by Gasteiger charge is 2.40. The predicted molar refractivity (Wildman–Crippen MR) is 67.3 cm³/mol. The first-order chi connectivity index (χ1) is 9.59. The molecule has 0 spiro atoms. The highest BCUT2D eigenvalue weighted by atomic mass is 19.4. The van der Waals surface area contributed by atoms with E-state index in [1.54, 1.807) is 4.90 Å². The van der Waals surface area contributed by atoms with Crippen LogP contribution in [-0.4, -0.2) is 34.0 Å². The van der Waals surface area contributed by atoms with Crippen molar-refractivity contribution in [2.24, 2.45) is 5.41 Å². The zero-order chi connectivity index (χ0) is 15.8. The summed E-state index contributed by atoms with van der Waals surface area (Å²) in [4.78, 5) is 17.3. The van der Waals surface area contributed by atoms with Gasteiger partial charge in [-0.3, -0.25) is 4.79 Å². The molecule has 1 aromatic rings. The second kappa shape index (κ2) is 5.31. The zero-order valence-electron chi connectivity index (χ0n) is 12.2. The number of hydrogen-bond acceptors (Lipinski definition) is 4. The smallest absolute Gasteiger partial charge is 0.342 e. The van der Waals surface area contributed by atoms with Gasteiger partial charge >= 0.3 is 12.1 Å². The van der Waals surface area contributed by atoms with Crippen LogP contribution in [0.25, 0.3) is 0 Å². The fourth-order valence-corrected chi connectivity index (χ4v) is 2.33. The Morgan fingerprint density at radius 1 is 1.24 bits per heavy atom. The maximum absolute atomic E-state index is 12.4. The molecule has 1 aromatic heterocycles. The number of piperidine rings is 1. The number of alkyl halides is 3. The van der Waals surface area contributed by atoms with Gasteiger partial charge in [-0.2, -0.15) is 18.2 Å². The van der Waals surface area contributed by atoms with Crippen LogP contribution in [0.2, 0.25) is 0 Å². The number of halogens is 3. The van der Waals surface area contributed by atoms with Crippen molar-refractivity contribution in [1.82, 2.24) is 15.0 Å². The Morgan fingerprint density at radius 3 is 2.24 bits per heavy atom. The van der Waals surface area contributed by atoms with E-state index in [2.05, 4.69) is 14.7 Å². The number of aromatic nitrogens is 2. The van der Waals surface area contributed by atoms with Crippen molar-refractivity contribution in [3.63, 3.8) is 0 Å². The van der Waals surface area contributed by atoms with Crippen molar-refractivity contribution in [2.45, 2.75) is 45.7 Å². The number of nitrogens with zero attached hydrogens (tertiary/aromatic N) is 3. The number of hydrogen-bond donors (Lipinski definition) is 0. The van der Waals surface area contributed by atoms with Gasteiger partial charge in [0.25, 0.3) is 0 Å². The lowest BCUT2D eigenvalue weighted by Gasteiger charge is -2.34. The number of amides is 1. The van der Waals surface area contributed by atoms with Crippen LogP contribution in [0.15, 0.2) is 4.52 Å². The summed E-state index contributed by atoms with van der Waals surface area (Å²) in [6.45, 7) is 6.52. The Labute approximate surface area is 120 Å². The highest BCUT2D eigenvalue weighted by molar-refractivity contribution is 5.81. The van der Waals surface area contributed by atoms with Crippen LogP contribution in [0.4, 0.5) is 13.2 Å². The molecule has 1 aliphatic heterocycles. The number of carbonyl (C=O) groups is 1. The fourth-order valence-electron chi connectivity index (χ4n) is 2.33. The molecule has 1 amide bonds. The molecule has 118 valence electrons. The Bertz CT molecular complexity index is 511. The monoisotopic (exact) mass is 305 g/mol. The van der Waals surface area contributed by atoms with Gasteiger partial charge in [-0.25, -0.2) is 0 Å². The van der Waals surface area contributed by atoms with E-state index in [9.17, 15) is 18.0 Å². The molecule has 21 heavy (non-hydrogen) atoms. The summed E-state index contributed by atoms with van der Waals surface area (Å²) in [7, 11) is 0. The Morgan fingerprint density at radius 2 is 1.81 bits per heavy atom. The molecular weight excluding hydrogens is 287 g/mol. The molecule has 1 saturated heterocycles. The lowest BCUT2D eigenvalue weighted by atomic mass is 9.91. The van der Waals surface area contributed by atoms with E-state index in [0.717, 1.165) is 0 Å². The summed E-state index contributed by atoms with van der Waals surface area (Å²) >= 11 is 0. The number of likely N-dealkylation sites (tertiary alicyclic amines) is 1. The molecule has 1 fully saturated rings. The third-order valence-electron chi connectivity index (χ3n) is 3.47. The molecule has 2 heterocycles. The maximum Gasteiger partial charge on any atom is 0.471 e. The average Bonchev–Trinajstić information content (AvgIpc) is 2.86. The molecule has 0 aliphatic carbocycles. The average molecular weight is 305 g/mol. The summed E-state index contributed by atoms with van der Waals surface area (Å²) in [5.74, 6) is -1.39. The van der Waals surface area contributed by atoms with Gasteiger partial charge in [0.2, 0.25) is 5.91 Å². The SMILES string of the molecule is CC(C)(C)C(=O)N1CCC(c2noc(C(F)(F)F)n2)CC1. The van der Waals surface area contributed by atoms with Gasteiger partial charge in [-0.05, 0) is 12.8 Å². The minimum absolute atomic E-state index is 0.0463. The van der Waals surface area contributed by atoms with Crippen molar-refractivity contribution in [3.05, 3.63) is 11.7 Å². The summed E-state index contributed by atoms with van der Waals surface area (Å²) < 4.78 is 41.5. The molecule has 1 aliphatic rings. The minimum Gasteiger partial charge on any atom is -0.342 e. The van der Waals surface area contributed by atoms with E-state index in [-0.39, 0.29) is 17.6 Å². The van der Waals surface area contributed by atoms with Crippen molar-refractivity contribution < 1.29 is 22.5 Å². The molecule has 0 aromatic carbocycles. The third kappa shape index (κ3) is 3.54. The van der Waals surface area contributed by atoms with Gasteiger partial charge in [0.05, 0.1) is 0 Å². The van der Waals surface area contributed by atoms with Crippen LogP contribution in [0, 0.1) is 5.41 Å². The molecule has 0 N–H and O–H groups in total. The third-order valence-corrected chi connectivity index (χ3v) is 3.47. The summed E-state index contributed by atoms with van der Waals surface area (Å²) in [6, 6.07) is 0. The second-order valence-electron chi connectivity index (χ2n) is 6.27. The quantitative estimate of drug-likeness (QED) is 0.800. The molecule has 2 rings (SSSR count). The number of carbonyl (C=O) groups excluding carboxylic acids is 1. The summed E-state index contributed by atoms with van der Waals surface area (Å²) in [5.41, 5.74) is -0.456. The van der Waals surface area contributed by atoms with E-state index in [1.807, 2.05) is 20.8 Å². The maximum atomic E-state index is 12.4. The van der Waals surface area contributed by atoms with Crippen molar-refractivity contribution in [1.29, 1.82) is 0 Å². The van der Waals surface area contributed by atoms with Crippen LogP contribution < -0.4 is 0 Å². The molecule has 0 saturated carbocycles. The molecule has 5 nitrogen and oxygen atoms in total. The molecule has 8 heteroatoms. The van der Waals surface area contributed by atoms with Crippen molar-refractivity contribution in [3.8, 4) is 0 Å². The standard InChI is InChI=1S/C13H18F3N3O2/c1-12(2,3)11(20)19-6-4-8(5-7-19)9-17-10(21-18-9)13(14,15)16/h8H,4-7H2,1-3H3. The highest BCUT2D eigenvalue weighted by Crippen LogP contribution is 2.32. The lowest BCUT2D eigenvalue weighted by molar-refractivity contribution is -0.159. The van der Waals surface area contributed by atoms with Gasteiger partial charge in [0, 0.05) is 24.4 Å². The van der Waals surface area contributed by atoms with Crippen LogP contribution in [-0.2, 0) is 11.0 Å². The second-order valence-corrected chi connectivity index (χ2v) is 6.27. The first-order valence-electron chi connectivity index (χ1n) is 6.79. The fraction of sp³-hybridized carbons (Fsp3) is 0.769. The van der Waals surface area contributed by atoms with E-state index < -0.39 is 17.5 Å². The molecule has 0 unspecified atom stereocenters.